The second-order valence-corrected chi connectivity index (χ2v) is 2.75. The molecule has 0 radical (unpaired) electrons. The van der Waals surface area contributed by atoms with Gasteiger partial charge < -0.3 is 10.6 Å². The maximum absolute atomic E-state index is 5.70. The molecule has 1 rings (SSSR count). The van der Waals surface area contributed by atoms with Gasteiger partial charge in [0.1, 0.15) is 0 Å². The molecule has 14 heavy (non-hydrogen) atoms. The number of anilines is 2. The minimum Gasteiger partial charge on any atom is -0.381 e. The largest absolute Gasteiger partial charge is 0.381 e. The molecule has 2 N–H and O–H groups in total. The Labute approximate surface area is 83.8 Å². The number of hydrogen-bond donors (Lipinski definition) is 1. The van der Waals surface area contributed by atoms with Crippen LogP contribution in [0, 0.1) is 0 Å². The SMILES string of the molecule is C=CCN(CC=C)c1nccnc1N. The van der Waals surface area contributed by atoms with Gasteiger partial charge in [-0.25, -0.2) is 9.97 Å². The van der Waals surface area contributed by atoms with Crippen molar-refractivity contribution in [3.63, 3.8) is 0 Å². The van der Waals surface area contributed by atoms with Gasteiger partial charge in [0.15, 0.2) is 11.6 Å². The topological polar surface area (TPSA) is 55.0 Å². The van der Waals surface area contributed by atoms with Crippen LogP contribution in [0.25, 0.3) is 0 Å². The van der Waals surface area contributed by atoms with Crippen molar-refractivity contribution in [2.45, 2.75) is 0 Å². The van der Waals surface area contributed by atoms with Gasteiger partial charge in [0.25, 0.3) is 0 Å². The molecule has 74 valence electrons. The standard InChI is InChI=1S/C10H14N4/c1-3-7-14(8-4-2)10-9(11)12-5-6-13-10/h3-6H,1-2,7-8H2,(H2,11,12). The van der Waals surface area contributed by atoms with Crippen molar-refractivity contribution in [3.05, 3.63) is 37.7 Å². The van der Waals surface area contributed by atoms with E-state index in [0.29, 0.717) is 24.7 Å². The highest BCUT2D eigenvalue weighted by Gasteiger charge is 2.08. The summed E-state index contributed by atoms with van der Waals surface area (Å²) in [4.78, 5) is 10.1. The van der Waals surface area contributed by atoms with Crippen LogP contribution in [0.4, 0.5) is 11.6 Å². The number of aromatic nitrogens is 2. The van der Waals surface area contributed by atoms with Gasteiger partial charge in [0.2, 0.25) is 0 Å². The molecule has 0 aliphatic carbocycles. The van der Waals surface area contributed by atoms with Crippen molar-refractivity contribution in [1.29, 1.82) is 0 Å². The Kier molecular flexibility index (Phi) is 3.67. The molecule has 0 aliphatic rings. The maximum Gasteiger partial charge on any atom is 0.172 e. The van der Waals surface area contributed by atoms with E-state index < -0.39 is 0 Å². The third kappa shape index (κ3) is 2.32. The molecule has 0 saturated carbocycles. The maximum atomic E-state index is 5.70. The summed E-state index contributed by atoms with van der Waals surface area (Å²) in [6.45, 7) is 8.70. The Morgan fingerprint density at radius 1 is 1.21 bits per heavy atom. The molecule has 0 spiro atoms. The summed E-state index contributed by atoms with van der Waals surface area (Å²) in [6.07, 6.45) is 6.76. The monoisotopic (exact) mass is 190 g/mol. The van der Waals surface area contributed by atoms with Crippen LogP contribution in [-0.4, -0.2) is 23.1 Å². The van der Waals surface area contributed by atoms with Gasteiger partial charge in [-0.2, -0.15) is 0 Å². The van der Waals surface area contributed by atoms with Crippen LogP contribution in [0.5, 0.6) is 0 Å². The van der Waals surface area contributed by atoms with Gasteiger partial charge in [-0.3, -0.25) is 0 Å². The highest BCUT2D eigenvalue weighted by atomic mass is 15.2. The van der Waals surface area contributed by atoms with E-state index in [2.05, 4.69) is 23.1 Å². The van der Waals surface area contributed by atoms with Gasteiger partial charge >= 0.3 is 0 Å². The van der Waals surface area contributed by atoms with E-state index in [4.69, 9.17) is 5.73 Å². The first-order valence-corrected chi connectivity index (χ1v) is 4.32. The predicted octanol–water partition coefficient (Wildman–Crippen LogP) is 1.24. The quantitative estimate of drug-likeness (QED) is 0.710. The smallest absolute Gasteiger partial charge is 0.172 e. The molecule has 0 unspecified atom stereocenters. The van der Waals surface area contributed by atoms with Crippen LogP contribution >= 0.6 is 0 Å². The van der Waals surface area contributed by atoms with Crippen LogP contribution in [0.2, 0.25) is 0 Å². The minimum atomic E-state index is 0.427. The van der Waals surface area contributed by atoms with Gasteiger partial charge in [-0.1, -0.05) is 12.2 Å². The molecule has 0 atom stereocenters. The summed E-state index contributed by atoms with van der Waals surface area (Å²) in [5.41, 5.74) is 5.70. The fourth-order valence-electron chi connectivity index (χ4n) is 1.14. The van der Waals surface area contributed by atoms with Gasteiger partial charge in [-0.05, 0) is 0 Å². The Hall–Kier alpha value is -1.84. The van der Waals surface area contributed by atoms with Crippen LogP contribution in [-0.2, 0) is 0 Å². The molecule has 0 amide bonds. The van der Waals surface area contributed by atoms with Crippen molar-refractivity contribution in [1.82, 2.24) is 9.97 Å². The lowest BCUT2D eigenvalue weighted by Gasteiger charge is -2.20. The summed E-state index contributed by atoms with van der Waals surface area (Å²) >= 11 is 0. The third-order valence-corrected chi connectivity index (χ3v) is 1.70. The van der Waals surface area contributed by atoms with E-state index >= 15 is 0 Å². The number of nitrogen functional groups attached to an aromatic ring is 1. The van der Waals surface area contributed by atoms with Crippen molar-refractivity contribution in [2.24, 2.45) is 0 Å². The molecular formula is C10H14N4. The molecule has 0 aliphatic heterocycles. The molecule has 0 saturated heterocycles. The van der Waals surface area contributed by atoms with Crippen molar-refractivity contribution in [2.75, 3.05) is 23.7 Å². The Bertz CT molecular complexity index is 312. The molecule has 1 aromatic heterocycles. The zero-order chi connectivity index (χ0) is 10.4. The number of hydrogen-bond acceptors (Lipinski definition) is 4. The molecule has 1 aromatic rings. The van der Waals surface area contributed by atoms with E-state index in [1.54, 1.807) is 24.5 Å². The molecule has 0 aromatic carbocycles. The van der Waals surface area contributed by atoms with Crippen LogP contribution in [0.3, 0.4) is 0 Å². The lowest BCUT2D eigenvalue weighted by molar-refractivity contribution is 0.920. The fourth-order valence-corrected chi connectivity index (χ4v) is 1.14. The van der Waals surface area contributed by atoms with Gasteiger partial charge in [0.05, 0.1) is 0 Å². The Morgan fingerprint density at radius 2 is 1.79 bits per heavy atom. The van der Waals surface area contributed by atoms with Gasteiger partial charge in [0, 0.05) is 25.5 Å². The Morgan fingerprint density at radius 3 is 2.29 bits per heavy atom. The Balaban J connectivity index is 2.91. The van der Waals surface area contributed by atoms with E-state index in [9.17, 15) is 0 Å². The molecule has 0 fully saturated rings. The second-order valence-electron chi connectivity index (χ2n) is 2.75. The molecule has 4 heteroatoms. The fraction of sp³-hybridized carbons (Fsp3) is 0.200. The average Bonchev–Trinajstić information content (AvgIpc) is 2.18. The van der Waals surface area contributed by atoms with Crippen molar-refractivity contribution >= 4 is 11.6 Å². The highest BCUT2D eigenvalue weighted by molar-refractivity contribution is 5.57. The summed E-state index contributed by atoms with van der Waals surface area (Å²) in [5.74, 6) is 1.10. The first-order chi connectivity index (χ1) is 6.79. The van der Waals surface area contributed by atoms with E-state index in [0.717, 1.165) is 0 Å². The molecule has 4 nitrogen and oxygen atoms in total. The lowest BCUT2D eigenvalue weighted by atomic mass is 10.4. The normalized spacial score (nSPS) is 9.43. The second kappa shape index (κ2) is 5.01. The first kappa shape index (κ1) is 10.2. The van der Waals surface area contributed by atoms with Crippen molar-refractivity contribution in [3.8, 4) is 0 Å². The predicted molar refractivity (Wildman–Crippen MR) is 59.1 cm³/mol. The molecule has 1 heterocycles. The van der Waals surface area contributed by atoms with Crippen molar-refractivity contribution < 1.29 is 0 Å². The lowest BCUT2D eigenvalue weighted by Crippen LogP contribution is -2.25. The first-order valence-electron chi connectivity index (χ1n) is 4.32. The zero-order valence-electron chi connectivity index (χ0n) is 8.06. The van der Waals surface area contributed by atoms with E-state index in [1.165, 1.54) is 0 Å². The summed E-state index contributed by atoms with van der Waals surface area (Å²) in [7, 11) is 0. The average molecular weight is 190 g/mol. The van der Waals surface area contributed by atoms with Crippen LogP contribution < -0.4 is 10.6 Å². The molecule has 0 bridgehead atoms. The number of nitrogens with zero attached hydrogens (tertiary/aromatic N) is 3. The summed E-state index contributed by atoms with van der Waals surface area (Å²) < 4.78 is 0. The summed E-state index contributed by atoms with van der Waals surface area (Å²) in [6, 6.07) is 0. The van der Waals surface area contributed by atoms with Crippen LogP contribution in [0.15, 0.2) is 37.7 Å². The number of rotatable bonds is 5. The molecular weight excluding hydrogens is 176 g/mol. The minimum absolute atomic E-state index is 0.427. The highest BCUT2D eigenvalue weighted by Crippen LogP contribution is 2.15. The van der Waals surface area contributed by atoms with E-state index in [1.807, 2.05) is 4.90 Å². The van der Waals surface area contributed by atoms with Gasteiger partial charge in [-0.15, -0.1) is 13.2 Å². The third-order valence-electron chi connectivity index (χ3n) is 1.70. The summed E-state index contributed by atoms with van der Waals surface area (Å²) in [5, 5.41) is 0. The van der Waals surface area contributed by atoms with E-state index in [-0.39, 0.29) is 0 Å². The zero-order valence-corrected chi connectivity index (χ0v) is 8.06. The number of nitrogens with two attached hydrogens (primary N) is 1. The van der Waals surface area contributed by atoms with Crippen LogP contribution in [0.1, 0.15) is 0 Å².